The van der Waals surface area contributed by atoms with Crippen LogP contribution in [0.15, 0.2) is 0 Å². The van der Waals surface area contributed by atoms with Crippen molar-refractivity contribution in [1.29, 1.82) is 0 Å². The fraction of sp³-hybridized carbons (Fsp3) is 1.00. The number of hydrogen-bond acceptors (Lipinski definition) is 3. The van der Waals surface area contributed by atoms with Gasteiger partial charge in [-0.1, -0.05) is 20.3 Å². The van der Waals surface area contributed by atoms with E-state index in [-0.39, 0.29) is 0 Å². The third-order valence-corrected chi connectivity index (χ3v) is 4.08. The van der Waals surface area contributed by atoms with Crippen molar-refractivity contribution >= 4 is 0 Å². The molecule has 2 atom stereocenters. The second-order valence-electron chi connectivity index (χ2n) is 5.35. The summed E-state index contributed by atoms with van der Waals surface area (Å²) in [6.07, 6.45) is 5.14. The van der Waals surface area contributed by atoms with Gasteiger partial charge in [0.2, 0.25) is 0 Å². The Labute approximate surface area is 108 Å². The monoisotopic (exact) mass is 241 g/mol. The topological polar surface area (TPSA) is 18.5 Å². The highest BCUT2D eigenvalue weighted by atomic mass is 15.2. The van der Waals surface area contributed by atoms with Crippen molar-refractivity contribution in [2.75, 3.05) is 40.3 Å². The van der Waals surface area contributed by atoms with E-state index in [1.54, 1.807) is 0 Å². The summed E-state index contributed by atoms with van der Waals surface area (Å²) in [5, 5.41) is 3.53. The maximum Gasteiger partial charge on any atom is 0.0247 e. The minimum Gasteiger partial charge on any atom is -0.315 e. The highest BCUT2D eigenvalue weighted by Crippen LogP contribution is 2.15. The van der Waals surface area contributed by atoms with E-state index < -0.39 is 0 Å². The molecule has 0 radical (unpaired) electrons. The SMILES string of the molecule is CCCC(NC)C(CC)N1CCCN(C)CC1. The van der Waals surface area contributed by atoms with Gasteiger partial charge in [0.15, 0.2) is 0 Å². The van der Waals surface area contributed by atoms with Crippen molar-refractivity contribution in [2.24, 2.45) is 0 Å². The number of rotatable bonds is 6. The van der Waals surface area contributed by atoms with Crippen LogP contribution < -0.4 is 5.32 Å². The van der Waals surface area contributed by atoms with E-state index >= 15 is 0 Å². The van der Waals surface area contributed by atoms with Crippen molar-refractivity contribution in [3.05, 3.63) is 0 Å². The maximum absolute atomic E-state index is 3.53. The maximum atomic E-state index is 3.53. The zero-order valence-corrected chi connectivity index (χ0v) is 12.2. The van der Waals surface area contributed by atoms with Gasteiger partial charge in [-0.3, -0.25) is 4.90 Å². The first kappa shape index (κ1) is 14.9. The number of likely N-dealkylation sites (N-methyl/N-ethyl adjacent to an activating group) is 2. The number of hydrogen-bond donors (Lipinski definition) is 1. The van der Waals surface area contributed by atoms with E-state index in [0.29, 0.717) is 12.1 Å². The first-order valence-electron chi connectivity index (χ1n) is 7.32. The Balaban J connectivity index is 2.57. The van der Waals surface area contributed by atoms with Crippen LogP contribution in [-0.4, -0.2) is 62.2 Å². The van der Waals surface area contributed by atoms with Crippen LogP contribution in [0.25, 0.3) is 0 Å². The van der Waals surface area contributed by atoms with E-state index in [4.69, 9.17) is 0 Å². The molecular weight excluding hydrogens is 210 g/mol. The summed E-state index contributed by atoms with van der Waals surface area (Å²) in [4.78, 5) is 5.17. The first-order valence-corrected chi connectivity index (χ1v) is 7.32. The van der Waals surface area contributed by atoms with Crippen LogP contribution in [0.3, 0.4) is 0 Å². The summed E-state index contributed by atoms with van der Waals surface area (Å²) in [5.74, 6) is 0. The predicted octanol–water partition coefficient (Wildman–Crippen LogP) is 1.79. The standard InChI is InChI=1S/C14H31N3/c1-5-8-13(15-3)14(6-2)17-10-7-9-16(4)11-12-17/h13-15H,5-12H2,1-4H3. The summed E-state index contributed by atoms with van der Waals surface area (Å²) >= 11 is 0. The molecule has 1 aliphatic rings. The van der Waals surface area contributed by atoms with Crippen LogP contribution in [0.1, 0.15) is 39.5 Å². The molecule has 0 aromatic carbocycles. The molecule has 0 bridgehead atoms. The highest BCUT2D eigenvalue weighted by molar-refractivity contribution is 4.84. The van der Waals surface area contributed by atoms with Gasteiger partial charge in [0.05, 0.1) is 0 Å². The van der Waals surface area contributed by atoms with Crippen molar-refractivity contribution < 1.29 is 0 Å². The lowest BCUT2D eigenvalue weighted by Gasteiger charge is -2.36. The zero-order valence-electron chi connectivity index (χ0n) is 12.2. The quantitative estimate of drug-likeness (QED) is 0.765. The molecule has 1 heterocycles. The van der Waals surface area contributed by atoms with Crippen LogP contribution in [0.2, 0.25) is 0 Å². The largest absolute Gasteiger partial charge is 0.315 e. The number of nitrogens with zero attached hydrogens (tertiary/aromatic N) is 2. The third-order valence-electron chi connectivity index (χ3n) is 4.08. The third kappa shape index (κ3) is 4.57. The summed E-state index contributed by atoms with van der Waals surface area (Å²) in [6.45, 7) is 9.60. The van der Waals surface area contributed by atoms with Crippen LogP contribution >= 0.6 is 0 Å². The highest BCUT2D eigenvalue weighted by Gasteiger charge is 2.25. The van der Waals surface area contributed by atoms with Gasteiger partial charge in [-0.2, -0.15) is 0 Å². The number of nitrogens with one attached hydrogen (secondary N) is 1. The second kappa shape index (κ2) is 8.06. The van der Waals surface area contributed by atoms with Gasteiger partial charge in [-0.15, -0.1) is 0 Å². The first-order chi connectivity index (χ1) is 8.22. The van der Waals surface area contributed by atoms with Gasteiger partial charge in [-0.25, -0.2) is 0 Å². The second-order valence-corrected chi connectivity index (χ2v) is 5.35. The Kier molecular flexibility index (Phi) is 7.09. The van der Waals surface area contributed by atoms with E-state index in [9.17, 15) is 0 Å². The van der Waals surface area contributed by atoms with E-state index in [2.05, 4.69) is 43.1 Å². The molecule has 0 aromatic rings. The smallest absolute Gasteiger partial charge is 0.0247 e. The molecule has 0 spiro atoms. The van der Waals surface area contributed by atoms with Crippen LogP contribution in [0.5, 0.6) is 0 Å². The van der Waals surface area contributed by atoms with Crippen molar-refractivity contribution in [3.8, 4) is 0 Å². The molecule has 3 nitrogen and oxygen atoms in total. The summed E-state index contributed by atoms with van der Waals surface area (Å²) in [6, 6.07) is 1.37. The molecule has 2 unspecified atom stereocenters. The Morgan fingerprint density at radius 1 is 1.12 bits per heavy atom. The normalized spacial score (nSPS) is 23.3. The summed E-state index contributed by atoms with van der Waals surface area (Å²) in [7, 11) is 4.36. The Morgan fingerprint density at radius 3 is 2.47 bits per heavy atom. The fourth-order valence-electron chi connectivity index (χ4n) is 3.04. The molecule has 1 aliphatic heterocycles. The van der Waals surface area contributed by atoms with Crippen LogP contribution in [-0.2, 0) is 0 Å². The molecule has 0 aromatic heterocycles. The van der Waals surface area contributed by atoms with Gasteiger partial charge in [0.1, 0.15) is 0 Å². The summed E-state index contributed by atoms with van der Waals surface area (Å²) in [5.41, 5.74) is 0. The molecule has 1 fully saturated rings. The lowest BCUT2D eigenvalue weighted by Crippen LogP contribution is -2.49. The predicted molar refractivity (Wildman–Crippen MR) is 75.5 cm³/mol. The average molecular weight is 241 g/mol. The van der Waals surface area contributed by atoms with E-state index in [0.717, 1.165) is 0 Å². The zero-order chi connectivity index (χ0) is 12.7. The Hall–Kier alpha value is -0.120. The molecule has 0 amide bonds. The minimum atomic E-state index is 0.661. The fourth-order valence-corrected chi connectivity index (χ4v) is 3.04. The van der Waals surface area contributed by atoms with Crippen molar-refractivity contribution in [1.82, 2.24) is 15.1 Å². The van der Waals surface area contributed by atoms with Gasteiger partial charge in [0, 0.05) is 25.2 Å². The van der Waals surface area contributed by atoms with Crippen LogP contribution in [0, 0.1) is 0 Å². The van der Waals surface area contributed by atoms with E-state index in [1.807, 2.05) is 0 Å². The van der Waals surface area contributed by atoms with Crippen molar-refractivity contribution in [2.45, 2.75) is 51.6 Å². The van der Waals surface area contributed by atoms with Gasteiger partial charge < -0.3 is 10.2 Å². The van der Waals surface area contributed by atoms with Gasteiger partial charge in [0.25, 0.3) is 0 Å². The minimum absolute atomic E-state index is 0.661. The molecule has 1 rings (SSSR count). The van der Waals surface area contributed by atoms with E-state index in [1.165, 1.54) is 51.9 Å². The lowest BCUT2D eigenvalue weighted by atomic mass is 9.99. The molecule has 17 heavy (non-hydrogen) atoms. The van der Waals surface area contributed by atoms with Gasteiger partial charge in [-0.05, 0) is 46.4 Å². The van der Waals surface area contributed by atoms with Crippen molar-refractivity contribution in [3.63, 3.8) is 0 Å². The Bertz CT molecular complexity index is 196. The molecule has 0 saturated carbocycles. The molecule has 1 saturated heterocycles. The molecule has 102 valence electrons. The Morgan fingerprint density at radius 2 is 1.88 bits per heavy atom. The summed E-state index contributed by atoms with van der Waals surface area (Å²) < 4.78 is 0. The lowest BCUT2D eigenvalue weighted by molar-refractivity contribution is 0.154. The molecule has 0 aliphatic carbocycles. The molecule has 1 N–H and O–H groups in total. The van der Waals surface area contributed by atoms with Crippen LogP contribution in [0.4, 0.5) is 0 Å². The average Bonchev–Trinajstić information content (AvgIpc) is 2.54. The molecular formula is C14H31N3. The van der Waals surface area contributed by atoms with Gasteiger partial charge >= 0.3 is 0 Å². The molecule has 3 heteroatoms.